The number of nitro groups is 1. The molecule has 2 unspecified atom stereocenters. The first-order chi connectivity index (χ1) is 11.2. The molecule has 1 aromatic rings. The van der Waals surface area contributed by atoms with E-state index in [2.05, 4.69) is 5.32 Å². The normalized spacial score (nSPS) is 20.6. The second-order valence-electron chi connectivity index (χ2n) is 7.18. The molecule has 0 bridgehead atoms. The molecule has 1 amide bonds. The van der Waals surface area contributed by atoms with Crippen molar-refractivity contribution in [2.24, 2.45) is 11.7 Å². The standard InChI is InChI=1S/C17H25N3O4/c1-11-4-7-14(15(8-11)20(22)23)19-13-6-5-12(9-13)10-17(2,3)24-16(18)21/h4,7-8,12-13,19H,5-6,9-10H2,1-3H3,(H2,18,21). The average Bonchev–Trinajstić information content (AvgIpc) is 2.85. The van der Waals surface area contributed by atoms with Crippen LogP contribution < -0.4 is 11.1 Å². The van der Waals surface area contributed by atoms with Crippen molar-refractivity contribution in [3.05, 3.63) is 33.9 Å². The Morgan fingerprint density at radius 2 is 2.17 bits per heavy atom. The van der Waals surface area contributed by atoms with Crippen molar-refractivity contribution in [3.63, 3.8) is 0 Å². The van der Waals surface area contributed by atoms with Crippen LogP contribution in [0.3, 0.4) is 0 Å². The van der Waals surface area contributed by atoms with Gasteiger partial charge in [-0.25, -0.2) is 4.79 Å². The first-order valence-corrected chi connectivity index (χ1v) is 8.16. The highest BCUT2D eigenvalue weighted by Crippen LogP contribution is 2.36. The number of carbonyl (C=O) groups is 1. The quantitative estimate of drug-likeness (QED) is 0.608. The molecule has 24 heavy (non-hydrogen) atoms. The Morgan fingerprint density at radius 3 is 2.79 bits per heavy atom. The number of hydrogen-bond acceptors (Lipinski definition) is 5. The lowest BCUT2D eigenvalue weighted by Crippen LogP contribution is -2.33. The number of nitrogens with zero attached hydrogens (tertiary/aromatic N) is 1. The molecule has 1 fully saturated rings. The molecule has 7 heteroatoms. The summed E-state index contributed by atoms with van der Waals surface area (Å²) in [7, 11) is 0. The molecule has 3 N–H and O–H groups in total. The smallest absolute Gasteiger partial charge is 0.405 e. The second kappa shape index (κ2) is 7.07. The van der Waals surface area contributed by atoms with Crippen molar-refractivity contribution in [3.8, 4) is 0 Å². The van der Waals surface area contributed by atoms with Gasteiger partial charge in [-0.15, -0.1) is 0 Å². The van der Waals surface area contributed by atoms with Crippen LogP contribution in [0.1, 0.15) is 45.1 Å². The fraction of sp³-hybridized carbons (Fsp3) is 0.588. The van der Waals surface area contributed by atoms with Crippen LogP contribution in [-0.4, -0.2) is 22.7 Å². The molecule has 0 heterocycles. The maximum absolute atomic E-state index is 11.2. The van der Waals surface area contributed by atoms with E-state index >= 15 is 0 Å². The van der Waals surface area contributed by atoms with Crippen LogP contribution in [0.25, 0.3) is 0 Å². The van der Waals surface area contributed by atoms with E-state index in [1.165, 1.54) is 0 Å². The van der Waals surface area contributed by atoms with E-state index in [4.69, 9.17) is 10.5 Å². The lowest BCUT2D eigenvalue weighted by atomic mass is 9.92. The van der Waals surface area contributed by atoms with Crippen LogP contribution in [0.4, 0.5) is 16.2 Å². The third-order valence-electron chi connectivity index (χ3n) is 4.41. The Kier molecular flexibility index (Phi) is 5.31. The third-order valence-corrected chi connectivity index (χ3v) is 4.41. The van der Waals surface area contributed by atoms with Crippen molar-refractivity contribution in [1.82, 2.24) is 0 Å². The SMILES string of the molecule is Cc1ccc(NC2CCC(CC(C)(C)OC(N)=O)C2)c([N+](=O)[O-])c1. The summed E-state index contributed by atoms with van der Waals surface area (Å²) in [6, 6.07) is 5.39. The summed E-state index contributed by atoms with van der Waals surface area (Å²) >= 11 is 0. The van der Waals surface area contributed by atoms with E-state index in [-0.39, 0.29) is 16.7 Å². The van der Waals surface area contributed by atoms with E-state index in [0.29, 0.717) is 11.6 Å². The molecule has 0 aromatic heterocycles. The van der Waals surface area contributed by atoms with Gasteiger partial charge in [-0.05, 0) is 64.0 Å². The molecule has 2 rings (SSSR count). The van der Waals surface area contributed by atoms with Crippen molar-refractivity contribution in [1.29, 1.82) is 0 Å². The first-order valence-electron chi connectivity index (χ1n) is 8.16. The van der Waals surface area contributed by atoms with Crippen molar-refractivity contribution in [2.45, 2.75) is 58.1 Å². The molecular formula is C17H25N3O4. The lowest BCUT2D eigenvalue weighted by Gasteiger charge is -2.27. The highest BCUT2D eigenvalue weighted by Gasteiger charge is 2.32. The number of nitrogens with two attached hydrogens (primary N) is 1. The predicted octanol–water partition coefficient (Wildman–Crippen LogP) is 3.75. The molecule has 7 nitrogen and oxygen atoms in total. The zero-order valence-corrected chi connectivity index (χ0v) is 14.4. The van der Waals surface area contributed by atoms with Crippen LogP contribution in [0.2, 0.25) is 0 Å². The Labute approximate surface area is 141 Å². The van der Waals surface area contributed by atoms with E-state index in [1.807, 2.05) is 26.8 Å². The largest absolute Gasteiger partial charge is 0.444 e. The van der Waals surface area contributed by atoms with Crippen molar-refractivity contribution >= 4 is 17.5 Å². The van der Waals surface area contributed by atoms with Gasteiger partial charge in [0.15, 0.2) is 0 Å². The van der Waals surface area contributed by atoms with Gasteiger partial charge in [-0.1, -0.05) is 6.07 Å². The molecule has 1 saturated carbocycles. The van der Waals surface area contributed by atoms with Gasteiger partial charge in [-0.2, -0.15) is 0 Å². The Bertz CT molecular complexity index is 630. The van der Waals surface area contributed by atoms with Crippen molar-refractivity contribution in [2.75, 3.05) is 5.32 Å². The third kappa shape index (κ3) is 4.84. The maximum Gasteiger partial charge on any atom is 0.405 e. The van der Waals surface area contributed by atoms with Gasteiger partial charge in [0.05, 0.1) is 4.92 Å². The summed E-state index contributed by atoms with van der Waals surface area (Å²) in [5.41, 5.74) is 6.04. The zero-order valence-electron chi connectivity index (χ0n) is 14.4. The van der Waals surface area contributed by atoms with E-state index in [0.717, 1.165) is 31.2 Å². The van der Waals surface area contributed by atoms with Gasteiger partial charge in [0.25, 0.3) is 5.69 Å². The first kappa shape index (κ1) is 18.0. The van der Waals surface area contributed by atoms with E-state index in [1.54, 1.807) is 12.1 Å². The van der Waals surface area contributed by atoms with Gasteiger partial charge in [0.2, 0.25) is 0 Å². The van der Waals surface area contributed by atoms with Crippen LogP contribution in [0, 0.1) is 23.0 Å². The summed E-state index contributed by atoms with van der Waals surface area (Å²) in [5, 5.41) is 14.5. The van der Waals surface area contributed by atoms with Gasteiger partial charge in [-0.3, -0.25) is 10.1 Å². The molecule has 2 atom stereocenters. The maximum atomic E-state index is 11.2. The monoisotopic (exact) mass is 335 g/mol. The number of benzene rings is 1. The summed E-state index contributed by atoms with van der Waals surface area (Å²) in [4.78, 5) is 21.8. The average molecular weight is 335 g/mol. The molecule has 0 saturated heterocycles. The Morgan fingerprint density at radius 1 is 1.46 bits per heavy atom. The number of rotatable bonds is 6. The second-order valence-corrected chi connectivity index (χ2v) is 7.18. The van der Waals surface area contributed by atoms with Crippen molar-refractivity contribution < 1.29 is 14.5 Å². The molecule has 0 aliphatic heterocycles. The number of primary amides is 1. The lowest BCUT2D eigenvalue weighted by molar-refractivity contribution is -0.384. The minimum absolute atomic E-state index is 0.107. The highest BCUT2D eigenvalue weighted by molar-refractivity contribution is 5.65. The molecule has 132 valence electrons. The number of nitrogens with one attached hydrogen (secondary N) is 1. The topological polar surface area (TPSA) is 107 Å². The Balaban J connectivity index is 1.97. The number of amides is 1. The number of anilines is 1. The van der Waals surface area contributed by atoms with Crippen LogP contribution in [-0.2, 0) is 4.74 Å². The molecular weight excluding hydrogens is 310 g/mol. The van der Waals surface area contributed by atoms with Gasteiger partial charge < -0.3 is 15.8 Å². The van der Waals surface area contributed by atoms with Gasteiger partial charge in [0, 0.05) is 12.1 Å². The van der Waals surface area contributed by atoms with Crippen LogP contribution in [0.5, 0.6) is 0 Å². The number of hydrogen-bond donors (Lipinski definition) is 2. The number of nitro benzene ring substituents is 1. The summed E-state index contributed by atoms with van der Waals surface area (Å²) in [6.45, 7) is 5.54. The molecule has 1 aliphatic carbocycles. The predicted molar refractivity (Wildman–Crippen MR) is 91.9 cm³/mol. The minimum atomic E-state index is -0.761. The van der Waals surface area contributed by atoms with Crippen LogP contribution >= 0.6 is 0 Å². The molecule has 0 radical (unpaired) electrons. The Hall–Kier alpha value is -2.31. The number of carbonyl (C=O) groups excluding carboxylic acids is 1. The molecule has 0 spiro atoms. The van der Waals surface area contributed by atoms with E-state index in [9.17, 15) is 14.9 Å². The van der Waals surface area contributed by atoms with Gasteiger partial charge >= 0.3 is 6.09 Å². The number of aryl methyl sites for hydroxylation is 1. The van der Waals surface area contributed by atoms with Gasteiger partial charge in [0.1, 0.15) is 11.3 Å². The van der Waals surface area contributed by atoms with Crippen LogP contribution in [0.15, 0.2) is 18.2 Å². The molecule has 1 aliphatic rings. The minimum Gasteiger partial charge on any atom is -0.444 e. The zero-order chi connectivity index (χ0) is 17.9. The van der Waals surface area contributed by atoms with E-state index < -0.39 is 11.7 Å². The fourth-order valence-electron chi connectivity index (χ4n) is 3.54. The highest BCUT2D eigenvalue weighted by atomic mass is 16.6. The molecule has 1 aromatic carbocycles. The summed E-state index contributed by atoms with van der Waals surface area (Å²) in [5.74, 6) is 0.390. The number of ether oxygens (including phenoxy) is 1. The summed E-state index contributed by atoms with van der Waals surface area (Å²) < 4.78 is 5.15. The fourth-order valence-corrected chi connectivity index (χ4v) is 3.54. The summed E-state index contributed by atoms with van der Waals surface area (Å²) in [6.07, 6.45) is 2.77.